The average molecular weight is 391 g/mol. The summed E-state index contributed by atoms with van der Waals surface area (Å²) in [5.41, 5.74) is 0. The van der Waals surface area contributed by atoms with Crippen LogP contribution in [-0.4, -0.2) is 23.9 Å². The molecule has 0 heterocycles. The molecule has 4 heteroatoms. The van der Waals surface area contributed by atoms with Gasteiger partial charge in [0.1, 0.15) is 0 Å². The lowest BCUT2D eigenvalue weighted by Crippen LogP contribution is -2.48. The van der Waals surface area contributed by atoms with Crippen molar-refractivity contribution in [1.29, 1.82) is 0 Å². The van der Waals surface area contributed by atoms with E-state index in [9.17, 15) is 9.59 Å². The molecule has 0 spiro atoms. The summed E-state index contributed by atoms with van der Waals surface area (Å²) in [5, 5.41) is 6.70. The summed E-state index contributed by atoms with van der Waals surface area (Å²) in [5.74, 6) is 0.980. The van der Waals surface area contributed by atoms with Crippen LogP contribution in [0.2, 0.25) is 0 Å². The van der Waals surface area contributed by atoms with Gasteiger partial charge in [-0.25, -0.2) is 0 Å². The van der Waals surface area contributed by atoms with E-state index in [1.165, 1.54) is 64.2 Å². The summed E-state index contributed by atoms with van der Waals surface area (Å²) in [6.45, 7) is 0. The van der Waals surface area contributed by atoms with Crippen molar-refractivity contribution in [1.82, 2.24) is 10.6 Å². The van der Waals surface area contributed by atoms with E-state index in [0.717, 1.165) is 51.4 Å². The first-order valence-electron chi connectivity index (χ1n) is 12.3. The predicted molar refractivity (Wildman–Crippen MR) is 114 cm³/mol. The third-order valence-electron chi connectivity index (χ3n) is 7.32. The van der Waals surface area contributed by atoms with Crippen molar-refractivity contribution in [2.24, 2.45) is 11.8 Å². The molecule has 0 aromatic carbocycles. The van der Waals surface area contributed by atoms with E-state index in [1.807, 2.05) is 0 Å². The molecule has 0 aliphatic heterocycles. The number of carbonyl (C=O) groups excluding carboxylic acids is 2. The second-order valence-corrected chi connectivity index (χ2v) is 9.66. The number of hydrogen-bond donors (Lipinski definition) is 2. The molecule has 0 aromatic rings. The van der Waals surface area contributed by atoms with Crippen LogP contribution in [-0.2, 0) is 9.59 Å². The van der Waals surface area contributed by atoms with Gasteiger partial charge in [-0.1, -0.05) is 64.2 Å². The molecule has 2 unspecified atom stereocenters. The third-order valence-corrected chi connectivity index (χ3v) is 7.32. The van der Waals surface area contributed by atoms with Crippen LogP contribution in [0.15, 0.2) is 0 Å². The first-order valence-corrected chi connectivity index (χ1v) is 12.3. The lowest BCUT2D eigenvalue weighted by atomic mass is 9.87. The third kappa shape index (κ3) is 7.08. The SMILES string of the molecule is O=C(NC1CCCC(NC(=O)C2CCCCCCC2)C1)C1CCCCCCC1. The zero-order valence-electron chi connectivity index (χ0n) is 17.9. The fourth-order valence-corrected chi connectivity index (χ4v) is 5.53. The van der Waals surface area contributed by atoms with Crippen LogP contribution < -0.4 is 10.6 Å². The van der Waals surface area contributed by atoms with Crippen molar-refractivity contribution in [3.05, 3.63) is 0 Å². The van der Waals surface area contributed by atoms with Gasteiger partial charge in [0.2, 0.25) is 11.8 Å². The smallest absolute Gasteiger partial charge is 0.223 e. The second-order valence-electron chi connectivity index (χ2n) is 9.66. The number of rotatable bonds is 4. The Labute approximate surface area is 172 Å². The molecule has 0 bridgehead atoms. The van der Waals surface area contributed by atoms with Crippen molar-refractivity contribution < 1.29 is 9.59 Å². The molecule has 3 aliphatic rings. The van der Waals surface area contributed by atoms with Gasteiger partial charge in [-0.05, 0) is 51.4 Å². The van der Waals surface area contributed by atoms with E-state index in [-0.39, 0.29) is 35.7 Å². The van der Waals surface area contributed by atoms with Crippen LogP contribution in [0.3, 0.4) is 0 Å². The maximum Gasteiger partial charge on any atom is 0.223 e. The fraction of sp³-hybridized carbons (Fsp3) is 0.917. The monoisotopic (exact) mass is 390 g/mol. The van der Waals surface area contributed by atoms with Crippen LogP contribution in [0.4, 0.5) is 0 Å². The van der Waals surface area contributed by atoms with Crippen molar-refractivity contribution >= 4 is 11.8 Å². The number of carbonyl (C=O) groups is 2. The van der Waals surface area contributed by atoms with Crippen molar-refractivity contribution in [3.63, 3.8) is 0 Å². The highest BCUT2D eigenvalue weighted by Gasteiger charge is 2.29. The first kappa shape index (κ1) is 21.6. The fourth-order valence-electron chi connectivity index (χ4n) is 5.53. The Morgan fingerprint density at radius 1 is 0.464 bits per heavy atom. The normalized spacial score (nSPS) is 29.0. The Bertz CT molecular complexity index is 435. The molecule has 2 N–H and O–H groups in total. The summed E-state index contributed by atoms with van der Waals surface area (Å²) in [7, 11) is 0. The van der Waals surface area contributed by atoms with Crippen LogP contribution >= 0.6 is 0 Å². The summed E-state index contributed by atoms with van der Waals surface area (Å²) in [6, 6.07) is 0.489. The lowest BCUT2D eigenvalue weighted by molar-refractivity contribution is -0.126. The van der Waals surface area contributed by atoms with Crippen molar-refractivity contribution in [3.8, 4) is 0 Å². The molecule has 3 fully saturated rings. The standard InChI is InChI=1S/C24H42N2O2/c27-23(19-12-7-3-1-4-8-13-19)25-21-16-11-17-22(18-21)26-24(28)20-14-9-5-2-6-10-15-20/h19-22H,1-18H2,(H,25,27)(H,26,28). The van der Waals surface area contributed by atoms with E-state index >= 15 is 0 Å². The van der Waals surface area contributed by atoms with E-state index in [2.05, 4.69) is 10.6 Å². The maximum atomic E-state index is 12.8. The van der Waals surface area contributed by atoms with Gasteiger partial charge in [0.15, 0.2) is 0 Å². The van der Waals surface area contributed by atoms with Gasteiger partial charge in [-0.15, -0.1) is 0 Å². The Hall–Kier alpha value is -1.06. The molecule has 28 heavy (non-hydrogen) atoms. The van der Waals surface area contributed by atoms with Crippen molar-refractivity contribution in [2.45, 2.75) is 128 Å². The predicted octanol–water partition coefficient (Wildman–Crippen LogP) is 5.25. The van der Waals surface area contributed by atoms with Gasteiger partial charge in [0.05, 0.1) is 0 Å². The van der Waals surface area contributed by atoms with E-state index < -0.39 is 0 Å². The first-order chi connectivity index (χ1) is 13.7. The Kier molecular flexibility index (Phi) is 9.14. The van der Waals surface area contributed by atoms with Gasteiger partial charge in [-0.3, -0.25) is 9.59 Å². The zero-order chi connectivity index (χ0) is 19.6. The van der Waals surface area contributed by atoms with Crippen LogP contribution in [0, 0.1) is 11.8 Å². The van der Waals surface area contributed by atoms with E-state index in [4.69, 9.17) is 0 Å². The average Bonchev–Trinajstić information content (AvgIpc) is 2.61. The van der Waals surface area contributed by atoms with Gasteiger partial charge in [0.25, 0.3) is 0 Å². The van der Waals surface area contributed by atoms with Crippen molar-refractivity contribution in [2.75, 3.05) is 0 Å². The number of nitrogens with one attached hydrogen (secondary N) is 2. The van der Waals surface area contributed by atoms with Gasteiger partial charge in [-0.2, -0.15) is 0 Å². The Balaban J connectivity index is 1.43. The summed E-state index contributed by atoms with van der Waals surface area (Å²) < 4.78 is 0. The van der Waals surface area contributed by atoms with Gasteiger partial charge < -0.3 is 10.6 Å². The number of amides is 2. The molecular formula is C24H42N2O2. The lowest BCUT2D eigenvalue weighted by Gasteiger charge is -2.32. The minimum absolute atomic E-state index is 0.213. The molecule has 2 amide bonds. The summed E-state index contributed by atoms with van der Waals surface area (Å²) in [4.78, 5) is 25.6. The van der Waals surface area contributed by atoms with Crippen LogP contribution in [0.1, 0.15) is 116 Å². The summed E-state index contributed by atoms with van der Waals surface area (Å²) >= 11 is 0. The molecule has 2 atom stereocenters. The minimum atomic E-state index is 0.213. The highest BCUT2D eigenvalue weighted by atomic mass is 16.2. The highest BCUT2D eigenvalue weighted by molar-refractivity contribution is 5.79. The minimum Gasteiger partial charge on any atom is -0.353 e. The summed E-state index contributed by atoms with van der Waals surface area (Å²) in [6.07, 6.45) is 20.9. The van der Waals surface area contributed by atoms with E-state index in [1.54, 1.807) is 0 Å². The molecule has 0 radical (unpaired) electrons. The Morgan fingerprint density at radius 2 is 0.821 bits per heavy atom. The molecule has 3 rings (SSSR count). The molecular weight excluding hydrogens is 348 g/mol. The van der Waals surface area contributed by atoms with Gasteiger partial charge in [0, 0.05) is 23.9 Å². The second kappa shape index (κ2) is 11.8. The van der Waals surface area contributed by atoms with Gasteiger partial charge >= 0.3 is 0 Å². The molecule has 3 aliphatic carbocycles. The van der Waals surface area contributed by atoms with Crippen LogP contribution in [0.5, 0.6) is 0 Å². The topological polar surface area (TPSA) is 58.2 Å². The largest absolute Gasteiger partial charge is 0.353 e. The molecule has 0 aromatic heterocycles. The zero-order valence-corrected chi connectivity index (χ0v) is 17.9. The Morgan fingerprint density at radius 3 is 1.21 bits per heavy atom. The molecule has 3 saturated carbocycles. The quantitative estimate of drug-likeness (QED) is 0.688. The van der Waals surface area contributed by atoms with E-state index in [0.29, 0.717) is 0 Å². The van der Waals surface area contributed by atoms with Crippen LogP contribution in [0.25, 0.3) is 0 Å². The molecule has 0 saturated heterocycles. The number of hydrogen-bond acceptors (Lipinski definition) is 2. The maximum absolute atomic E-state index is 12.8. The molecule has 4 nitrogen and oxygen atoms in total. The molecule has 160 valence electrons. The highest BCUT2D eigenvalue weighted by Crippen LogP contribution is 2.26.